The van der Waals surface area contributed by atoms with Crippen molar-refractivity contribution in [3.8, 4) is 0 Å². The highest BCUT2D eigenvalue weighted by Gasteiger charge is 2.09. The summed E-state index contributed by atoms with van der Waals surface area (Å²) in [4.78, 5) is 0. The van der Waals surface area contributed by atoms with Crippen molar-refractivity contribution in [2.45, 2.75) is 39.5 Å². The summed E-state index contributed by atoms with van der Waals surface area (Å²) in [5.41, 5.74) is 0. The topological polar surface area (TPSA) is 9.23 Å². The minimum Gasteiger partial charge on any atom is -0.358 e. The maximum absolute atomic E-state index is 5.63. The summed E-state index contributed by atoms with van der Waals surface area (Å²) in [5, 5.41) is 1.37. The van der Waals surface area contributed by atoms with E-state index in [2.05, 4.69) is 44.2 Å². The molecule has 1 nitrogen and oxygen atoms in total. The molecule has 1 rings (SSSR count). The minimum absolute atomic E-state index is 0.385. The van der Waals surface area contributed by atoms with E-state index in [4.69, 9.17) is 4.52 Å². The molecule has 2 heteroatoms. The van der Waals surface area contributed by atoms with Crippen LogP contribution in [0, 0.1) is 5.92 Å². The Morgan fingerprint density at radius 3 is 2.35 bits per heavy atom. The molecular formula is C15H25OP. The summed E-state index contributed by atoms with van der Waals surface area (Å²) in [7, 11) is 1.45. The third-order valence-corrected chi connectivity index (χ3v) is 4.94. The van der Waals surface area contributed by atoms with E-state index in [0.29, 0.717) is 0 Å². The van der Waals surface area contributed by atoms with Crippen molar-refractivity contribution in [2.75, 3.05) is 13.3 Å². The maximum Gasteiger partial charge on any atom is 0.0599 e. The largest absolute Gasteiger partial charge is 0.358 e. The van der Waals surface area contributed by atoms with Crippen molar-refractivity contribution in [1.82, 2.24) is 0 Å². The average molecular weight is 252 g/mol. The van der Waals surface area contributed by atoms with Crippen LogP contribution >= 0.6 is 8.15 Å². The fourth-order valence-corrected chi connectivity index (χ4v) is 3.57. The van der Waals surface area contributed by atoms with E-state index in [9.17, 15) is 0 Å². The first-order valence-corrected chi connectivity index (χ1v) is 8.05. The Hall–Kier alpha value is -0.390. The zero-order chi connectivity index (χ0) is 12.5. The Morgan fingerprint density at radius 2 is 1.76 bits per heavy atom. The van der Waals surface area contributed by atoms with E-state index in [1.54, 1.807) is 0 Å². The van der Waals surface area contributed by atoms with Crippen LogP contribution in [0.5, 0.6) is 0 Å². The lowest BCUT2D eigenvalue weighted by Crippen LogP contribution is -2.04. The van der Waals surface area contributed by atoms with Gasteiger partial charge < -0.3 is 4.52 Å². The number of benzene rings is 1. The second kappa shape index (κ2) is 8.66. The van der Waals surface area contributed by atoms with Gasteiger partial charge in [-0.15, -0.1) is 0 Å². The third-order valence-electron chi connectivity index (χ3n) is 2.91. The lowest BCUT2D eigenvalue weighted by Gasteiger charge is -2.15. The molecule has 0 saturated carbocycles. The van der Waals surface area contributed by atoms with Crippen molar-refractivity contribution >= 4 is 13.5 Å². The number of hydrogen-bond acceptors (Lipinski definition) is 1. The predicted molar refractivity (Wildman–Crippen MR) is 78.2 cm³/mol. The molecule has 96 valence electrons. The van der Waals surface area contributed by atoms with Gasteiger partial charge in [0.05, 0.1) is 8.15 Å². The Labute approximate surface area is 107 Å². The van der Waals surface area contributed by atoms with E-state index in [1.807, 2.05) is 7.11 Å². The van der Waals surface area contributed by atoms with E-state index in [0.717, 1.165) is 5.92 Å². The van der Waals surface area contributed by atoms with Crippen LogP contribution in [0.4, 0.5) is 0 Å². The van der Waals surface area contributed by atoms with Gasteiger partial charge >= 0.3 is 0 Å². The first kappa shape index (κ1) is 14.7. The van der Waals surface area contributed by atoms with Gasteiger partial charge in [0, 0.05) is 12.4 Å². The molecule has 1 aromatic carbocycles. The van der Waals surface area contributed by atoms with Crippen LogP contribution in [-0.4, -0.2) is 13.3 Å². The number of hydrogen-bond donors (Lipinski definition) is 0. The predicted octanol–water partition coefficient (Wildman–Crippen LogP) is 4.57. The fraction of sp³-hybridized carbons (Fsp3) is 0.600. The van der Waals surface area contributed by atoms with Crippen LogP contribution in [0.25, 0.3) is 0 Å². The van der Waals surface area contributed by atoms with Gasteiger partial charge in [-0.05, 0) is 18.5 Å². The molecule has 0 amide bonds. The van der Waals surface area contributed by atoms with Crippen LogP contribution in [0.2, 0.25) is 0 Å². The quantitative estimate of drug-likeness (QED) is 0.486. The average Bonchev–Trinajstić information content (AvgIpc) is 2.34. The van der Waals surface area contributed by atoms with Crippen LogP contribution in [-0.2, 0) is 4.52 Å². The van der Waals surface area contributed by atoms with E-state index < -0.39 is 0 Å². The van der Waals surface area contributed by atoms with Crippen molar-refractivity contribution in [3.63, 3.8) is 0 Å². The highest BCUT2D eigenvalue weighted by Crippen LogP contribution is 2.35. The van der Waals surface area contributed by atoms with Crippen molar-refractivity contribution in [1.29, 1.82) is 0 Å². The second-order valence-electron chi connectivity index (χ2n) is 4.86. The molecule has 1 atom stereocenters. The van der Waals surface area contributed by atoms with Gasteiger partial charge in [-0.3, -0.25) is 0 Å². The molecule has 0 radical (unpaired) electrons. The summed E-state index contributed by atoms with van der Waals surface area (Å²) in [6, 6.07) is 10.6. The molecule has 0 aliphatic carbocycles. The first-order valence-electron chi connectivity index (χ1n) is 6.60. The molecule has 0 bridgehead atoms. The van der Waals surface area contributed by atoms with Gasteiger partial charge in [0.25, 0.3) is 0 Å². The molecule has 0 N–H and O–H groups in total. The summed E-state index contributed by atoms with van der Waals surface area (Å²) < 4.78 is 5.63. The molecule has 0 aliphatic heterocycles. The van der Waals surface area contributed by atoms with Crippen LogP contribution in [0.15, 0.2) is 30.3 Å². The molecule has 0 spiro atoms. The Bertz CT molecular complexity index is 284. The van der Waals surface area contributed by atoms with Gasteiger partial charge in [0.15, 0.2) is 0 Å². The van der Waals surface area contributed by atoms with E-state index >= 15 is 0 Å². The SMILES string of the molecule is COP(CCCCCC(C)C)c1ccccc1. The molecule has 0 aromatic heterocycles. The van der Waals surface area contributed by atoms with Crippen LogP contribution in [0.3, 0.4) is 0 Å². The maximum atomic E-state index is 5.63. The standard InChI is InChI=1S/C15H25OP/c1-14(2)10-6-5-9-13-17(16-3)15-11-7-4-8-12-15/h4,7-8,11-12,14H,5-6,9-10,13H2,1-3H3. The Kier molecular flexibility index (Phi) is 7.48. The first-order chi connectivity index (χ1) is 8.24. The zero-order valence-corrected chi connectivity index (χ0v) is 12.2. The normalized spacial score (nSPS) is 12.9. The molecule has 0 fully saturated rings. The Balaban J connectivity index is 2.24. The highest BCUT2D eigenvalue weighted by molar-refractivity contribution is 7.60. The molecule has 0 aliphatic rings. The molecule has 0 heterocycles. The summed E-state index contributed by atoms with van der Waals surface area (Å²) >= 11 is 0. The van der Waals surface area contributed by atoms with Crippen molar-refractivity contribution in [2.24, 2.45) is 5.92 Å². The minimum atomic E-state index is -0.385. The summed E-state index contributed by atoms with van der Waals surface area (Å²) in [6.07, 6.45) is 6.55. The Morgan fingerprint density at radius 1 is 1.06 bits per heavy atom. The highest BCUT2D eigenvalue weighted by atomic mass is 31.1. The molecule has 0 saturated heterocycles. The second-order valence-corrected chi connectivity index (χ2v) is 6.95. The number of rotatable bonds is 8. The monoisotopic (exact) mass is 252 g/mol. The van der Waals surface area contributed by atoms with Gasteiger partial charge in [0.2, 0.25) is 0 Å². The van der Waals surface area contributed by atoms with Crippen LogP contribution in [0.1, 0.15) is 39.5 Å². The molecule has 1 unspecified atom stereocenters. The van der Waals surface area contributed by atoms with Gasteiger partial charge in [-0.1, -0.05) is 63.4 Å². The lowest BCUT2D eigenvalue weighted by atomic mass is 10.1. The summed E-state index contributed by atoms with van der Waals surface area (Å²) in [5.74, 6) is 0.841. The third kappa shape index (κ3) is 6.19. The molecular weight excluding hydrogens is 227 g/mol. The van der Waals surface area contributed by atoms with Gasteiger partial charge in [-0.25, -0.2) is 0 Å². The molecule has 17 heavy (non-hydrogen) atoms. The fourth-order valence-electron chi connectivity index (χ4n) is 1.90. The summed E-state index contributed by atoms with van der Waals surface area (Å²) in [6.45, 7) is 4.60. The van der Waals surface area contributed by atoms with E-state index in [-0.39, 0.29) is 8.15 Å². The van der Waals surface area contributed by atoms with Crippen molar-refractivity contribution < 1.29 is 4.52 Å². The zero-order valence-electron chi connectivity index (χ0n) is 11.4. The van der Waals surface area contributed by atoms with Crippen LogP contribution < -0.4 is 5.30 Å². The smallest absolute Gasteiger partial charge is 0.0599 e. The van der Waals surface area contributed by atoms with Crippen molar-refractivity contribution in [3.05, 3.63) is 30.3 Å². The van der Waals surface area contributed by atoms with Gasteiger partial charge in [0.1, 0.15) is 0 Å². The lowest BCUT2D eigenvalue weighted by molar-refractivity contribution is 0.464. The van der Waals surface area contributed by atoms with E-state index in [1.165, 1.54) is 37.1 Å². The molecule has 1 aromatic rings. The van der Waals surface area contributed by atoms with Gasteiger partial charge in [-0.2, -0.15) is 0 Å². The number of unbranched alkanes of at least 4 members (excludes halogenated alkanes) is 2.